The molecule has 2 rings (SSSR count). The van der Waals surface area contributed by atoms with E-state index in [0.29, 0.717) is 27.3 Å². The van der Waals surface area contributed by atoms with Gasteiger partial charge in [-0.2, -0.15) is 0 Å². The Kier molecular flexibility index (Phi) is 4.32. The van der Waals surface area contributed by atoms with Gasteiger partial charge in [0.05, 0.1) is 15.2 Å². The van der Waals surface area contributed by atoms with Gasteiger partial charge in [-0.25, -0.2) is 4.98 Å². The summed E-state index contributed by atoms with van der Waals surface area (Å²) in [6.07, 6.45) is 0. The smallest absolute Gasteiger partial charge is 0.134 e. The van der Waals surface area contributed by atoms with Gasteiger partial charge in [-0.1, -0.05) is 23.2 Å². The summed E-state index contributed by atoms with van der Waals surface area (Å²) in [5.41, 5.74) is 6.19. The van der Waals surface area contributed by atoms with Crippen LogP contribution in [0.15, 0.2) is 34.8 Å². The van der Waals surface area contributed by atoms with Gasteiger partial charge in [-0.3, -0.25) is 0 Å². The molecule has 1 aromatic carbocycles. The normalized spacial score (nSPS) is 10.4. The molecule has 18 heavy (non-hydrogen) atoms. The molecule has 0 unspecified atom stereocenters. The first-order valence-corrected chi connectivity index (χ1v) is 6.60. The molecule has 0 aliphatic heterocycles. The van der Waals surface area contributed by atoms with Crippen molar-refractivity contribution in [3.05, 3.63) is 50.5 Å². The summed E-state index contributed by atoms with van der Waals surface area (Å²) in [6, 6.07) is 8.61. The van der Waals surface area contributed by atoms with Crippen molar-refractivity contribution in [3.63, 3.8) is 0 Å². The fraction of sp³-hybridized carbons (Fsp3) is 0.0833. The quantitative estimate of drug-likeness (QED) is 0.899. The molecule has 1 aromatic heterocycles. The van der Waals surface area contributed by atoms with Crippen LogP contribution in [0.2, 0.25) is 10.0 Å². The van der Waals surface area contributed by atoms with Crippen molar-refractivity contribution in [2.45, 2.75) is 6.61 Å². The molecule has 94 valence electrons. The van der Waals surface area contributed by atoms with Crippen molar-refractivity contribution in [3.8, 4) is 5.75 Å². The molecule has 0 fully saturated rings. The van der Waals surface area contributed by atoms with Gasteiger partial charge in [-0.05, 0) is 46.3 Å². The van der Waals surface area contributed by atoms with Crippen LogP contribution in [0.1, 0.15) is 5.69 Å². The van der Waals surface area contributed by atoms with E-state index < -0.39 is 0 Å². The van der Waals surface area contributed by atoms with Crippen LogP contribution in [0.25, 0.3) is 0 Å². The van der Waals surface area contributed by atoms with E-state index in [-0.39, 0.29) is 6.61 Å². The molecule has 0 amide bonds. The number of ether oxygens (including phenoxy) is 1. The van der Waals surface area contributed by atoms with Gasteiger partial charge in [0.2, 0.25) is 0 Å². The maximum Gasteiger partial charge on any atom is 0.134 e. The number of benzene rings is 1. The zero-order valence-corrected chi connectivity index (χ0v) is 12.3. The zero-order chi connectivity index (χ0) is 13.1. The van der Waals surface area contributed by atoms with Crippen molar-refractivity contribution in [1.82, 2.24) is 4.98 Å². The summed E-state index contributed by atoms with van der Waals surface area (Å²) in [5.74, 6) is 1.08. The van der Waals surface area contributed by atoms with Crippen LogP contribution in [-0.4, -0.2) is 4.98 Å². The number of rotatable bonds is 3. The minimum absolute atomic E-state index is 0.240. The average Bonchev–Trinajstić information content (AvgIpc) is 2.32. The minimum atomic E-state index is 0.240. The summed E-state index contributed by atoms with van der Waals surface area (Å²) < 4.78 is 6.38. The third-order valence-electron chi connectivity index (χ3n) is 2.20. The fourth-order valence-electron chi connectivity index (χ4n) is 1.34. The molecule has 0 bridgehead atoms. The van der Waals surface area contributed by atoms with Crippen LogP contribution >= 0.6 is 39.1 Å². The molecule has 0 saturated carbocycles. The van der Waals surface area contributed by atoms with Crippen LogP contribution < -0.4 is 10.5 Å². The third-order valence-corrected chi connectivity index (χ3v) is 3.40. The van der Waals surface area contributed by atoms with Crippen LogP contribution in [0.3, 0.4) is 0 Å². The molecule has 3 nitrogen and oxygen atoms in total. The molecule has 0 saturated heterocycles. The second-order valence-corrected chi connectivity index (χ2v) is 5.23. The molecule has 6 heteroatoms. The third kappa shape index (κ3) is 3.28. The Morgan fingerprint density at radius 2 is 2.00 bits per heavy atom. The molecular weight excluding hydrogens is 339 g/mol. The van der Waals surface area contributed by atoms with E-state index in [0.717, 1.165) is 4.47 Å². The Hall–Kier alpha value is -0.970. The summed E-state index contributed by atoms with van der Waals surface area (Å²) in [6.45, 7) is 0.240. The van der Waals surface area contributed by atoms with Crippen molar-refractivity contribution < 1.29 is 4.74 Å². The number of anilines is 1. The fourth-order valence-corrected chi connectivity index (χ4v) is 2.30. The first-order chi connectivity index (χ1) is 8.56. The van der Waals surface area contributed by atoms with Crippen molar-refractivity contribution in [2.24, 2.45) is 0 Å². The van der Waals surface area contributed by atoms with E-state index in [1.54, 1.807) is 30.3 Å². The highest BCUT2D eigenvalue weighted by molar-refractivity contribution is 9.10. The van der Waals surface area contributed by atoms with Crippen molar-refractivity contribution in [1.29, 1.82) is 0 Å². The summed E-state index contributed by atoms with van der Waals surface area (Å²) >= 11 is 15.2. The molecular formula is C12H9BrCl2N2O. The molecule has 0 aliphatic rings. The number of aromatic nitrogens is 1. The predicted octanol–water partition coefficient (Wildman–Crippen LogP) is 4.31. The summed E-state index contributed by atoms with van der Waals surface area (Å²) in [4.78, 5) is 4.11. The largest absolute Gasteiger partial charge is 0.486 e. The van der Waals surface area contributed by atoms with Gasteiger partial charge in [0.1, 0.15) is 18.2 Å². The first-order valence-electron chi connectivity index (χ1n) is 5.05. The van der Waals surface area contributed by atoms with Gasteiger partial charge in [0, 0.05) is 5.02 Å². The molecule has 1 heterocycles. The summed E-state index contributed by atoms with van der Waals surface area (Å²) in [5, 5.41) is 1.16. The van der Waals surface area contributed by atoms with E-state index in [2.05, 4.69) is 20.9 Å². The van der Waals surface area contributed by atoms with Crippen LogP contribution in [0, 0.1) is 0 Å². The number of nitrogen functional groups attached to an aromatic ring is 1. The Balaban J connectivity index is 2.13. The van der Waals surface area contributed by atoms with E-state index >= 15 is 0 Å². The van der Waals surface area contributed by atoms with Crippen LogP contribution in [0.4, 0.5) is 5.82 Å². The second kappa shape index (κ2) is 5.78. The van der Waals surface area contributed by atoms with Gasteiger partial charge >= 0.3 is 0 Å². The number of nitrogens with zero attached hydrogens (tertiary/aromatic N) is 1. The van der Waals surface area contributed by atoms with Crippen molar-refractivity contribution >= 4 is 44.9 Å². The van der Waals surface area contributed by atoms with Crippen LogP contribution in [-0.2, 0) is 6.61 Å². The number of pyridine rings is 1. The molecule has 0 aliphatic carbocycles. The average molecular weight is 348 g/mol. The lowest BCUT2D eigenvalue weighted by Gasteiger charge is -2.09. The van der Waals surface area contributed by atoms with E-state index in [9.17, 15) is 0 Å². The Bertz CT molecular complexity index is 578. The second-order valence-electron chi connectivity index (χ2n) is 3.53. The standard InChI is InChI=1S/C12H9BrCl2N2O/c13-8-5-7(14)1-3-11(8)18-6-10-9(15)2-4-12(16)17-10/h1-5H,6H2,(H2,16,17). The molecule has 2 N–H and O–H groups in total. The summed E-state index contributed by atoms with van der Waals surface area (Å²) in [7, 11) is 0. The number of hydrogen-bond donors (Lipinski definition) is 1. The van der Waals surface area contributed by atoms with E-state index in [1.165, 1.54) is 0 Å². The van der Waals surface area contributed by atoms with Crippen molar-refractivity contribution in [2.75, 3.05) is 5.73 Å². The topological polar surface area (TPSA) is 48.1 Å². The lowest BCUT2D eigenvalue weighted by Crippen LogP contribution is -2.02. The maximum absolute atomic E-state index is 6.00. The van der Waals surface area contributed by atoms with Gasteiger partial charge < -0.3 is 10.5 Å². The SMILES string of the molecule is Nc1ccc(Cl)c(COc2ccc(Cl)cc2Br)n1. The van der Waals surface area contributed by atoms with Crippen LogP contribution in [0.5, 0.6) is 5.75 Å². The Morgan fingerprint density at radius 1 is 1.22 bits per heavy atom. The lowest BCUT2D eigenvalue weighted by molar-refractivity contribution is 0.299. The highest BCUT2D eigenvalue weighted by Gasteiger charge is 2.06. The zero-order valence-electron chi connectivity index (χ0n) is 9.16. The van der Waals surface area contributed by atoms with E-state index in [4.69, 9.17) is 33.7 Å². The maximum atomic E-state index is 6.00. The Morgan fingerprint density at radius 3 is 2.72 bits per heavy atom. The highest BCUT2D eigenvalue weighted by Crippen LogP contribution is 2.29. The molecule has 0 atom stereocenters. The highest BCUT2D eigenvalue weighted by atomic mass is 79.9. The number of nitrogens with two attached hydrogens (primary N) is 1. The lowest BCUT2D eigenvalue weighted by atomic mass is 10.3. The molecule has 0 spiro atoms. The molecule has 0 radical (unpaired) electrons. The number of hydrogen-bond acceptors (Lipinski definition) is 3. The Labute approximate surface area is 123 Å². The minimum Gasteiger partial charge on any atom is -0.486 e. The van der Waals surface area contributed by atoms with Gasteiger partial charge in [0.15, 0.2) is 0 Å². The monoisotopic (exact) mass is 346 g/mol. The number of halogens is 3. The van der Waals surface area contributed by atoms with Gasteiger partial charge in [-0.15, -0.1) is 0 Å². The first kappa shape index (κ1) is 13.5. The van der Waals surface area contributed by atoms with Gasteiger partial charge in [0.25, 0.3) is 0 Å². The van der Waals surface area contributed by atoms with E-state index in [1.807, 2.05) is 0 Å². The predicted molar refractivity (Wildman–Crippen MR) is 77.1 cm³/mol. The molecule has 2 aromatic rings.